The van der Waals surface area contributed by atoms with Crippen molar-refractivity contribution in [1.29, 1.82) is 0 Å². The monoisotopic (exact) mass is 192 g/mol. The zero-order chi connectivity index (χ0) is 10.6. The molecule has 0 saturated carbocycles. The van der Waals surface area contributed by atoms with E-state index in [-0.39, 0.29) is 0 Å². The van der Waals surface area contributed by atoms with E-state index in [2.05, 4.69) is 31.2 Å². The van der Waals surface area contributed by atoms with Crippen LogP contribution in [-0.2, 0) is 12.8 Å². The SMILES string of the molecule is CCc1ccc(CC(C)(O)CC)cc1. The molecule has 0 amide bonds. The molecule has 0 aromatic heterocycles. The van der Waals surface area contributed by atoms with Crippen LogP contribution in [0.25, 0.3) is 0 Å². The maximum Gasteiger partial charge on any atom is 0.0657 e. The molecule has 14 heavy (non-hydrogen) atoms. The van der Waals surface area contributed by atoms with Crippen LogP contribution in [0.5, 0.6) is 0 Å². The van der Waals surface area contributed by atoms with Crippen molar-refractivity contribution < 1.29 is 5.11 Å². The van der Waals surface area contributed by atoms with Gasteiger partial charge in [0, 0.05) is 6.42 Å². The van der Waals surface area contributed by atoms with Gasteiger partial charge in [-0.25, -0.2) is 0 Å². The summed E-state index contributed by atoms with van der Waals surface area (Å²) in [4.78, 5) is 0. The summed E-state index contributed by atoms with van der Waals surface area (Å²) < 4.78 is 0. The first-order valence-electron chi connectivity index (χ1n) is 5.37. The maximum atomic E-state index is 9.90. The average molecular weight is 192 g/mol. The smallest absolute Gasteiger partial charge is 0.0657 e. The molecule has 1 atom stereocenters. The Kier molecular flexibility index (Phi) is 3.70. The van der Waals surface area contributed by atoms with Gasteiger partial charge in [-0.2, -0.15) is 0 Å². The van der Waals surface area contributed by atoms with Crippen LogP contribution in [0.4, 0.5) is 0 Å². The minimum Gasteiger partial charge on any atom is -0.390 e. The lowest BCUT2D eigenvalue weighted by atomic mass is 9.93. The van der Waals surface area contributed by atoms with Crippen LogP contribution in [-0.4, -0.2) is 10.7 Å². The summed E-state index contributed by atoms with van der Waals surface area (Å²) in [6, 6.07) is 8.51. The Morgan fingerprint density at radius 3 is 2.00 bits per heavy atom. The van der Waals surface area contributed by atoms with Crippen LogP contribution in [0, 0.1) is 0 Å². The topological polar surface area (TPSA) is 20.2 Å². The number of hydrogen-bond acceptors (Lipinski definition) is 1. The van der Waals surface area contributed by atoms with E-state index in [1.165, 1.54) is 11.1 Å². The quantitative estimate of drug-likeness (QED) is 0.777. The molecule has 0 bridgehead atoms. The number of rotatable bonds is 4. The molecule has 1 heteroatoms. The predicted octanol–water partition coefficient (Wildman–Crippen LogP) is 2.95. The second-order valence-corrected chi connectivity index (χ2v) is 4.20. The highest BCUT2D eigenvalue weighted by atomic mass is 16.3. The molecule has 1 nitrogen and oxygen atoms in total. The average Bonchev–Trinajstić information content (AvgIpc) is 2.19. The fourth-order valence-electron chi connectivity index (χ4n) is 1.46. The van der Waals surface area contributed by atoms with Crippen LogP contribution in [0.15, 0.2) is 24.3 Å². The van der Waals surface area contributed by atoms with Gasteiger partial charge in [0.2, 0.25) is 0 Å². The Morgan fingerprint density at radius 1 is 1.07 bits per heavy atom. The Hall–Kier alpha value is -0.820. The third-order valence-electron chi connectivity index (χ3n) is 2.78. The Morgan fingerprint density at radius 2 is 1.57 bits per heavy atom. The molecule has 1 N–H and O–H groups in total. The summed E-state index contributed by atoms with van der Waals surface area (Å²) in [5.41, 5.74) is 2.01. The minimum atomic E-state index is -0.562. The molecule has 0 aliphatic heterocycles. The number of aryl methyl sites for hydroxylation is 1. The second kappa shape index (κ2) is 4.61. The molecule has 0 aliphatic carbocycles. The molecule has 1 aromatic rings. The van der Waals surface area contributed by atoms with Gasteiger partial charge in [0.05, 0.1) is 5.60 Å². The van der Waals surface area contributed by atoms with Gasteiger partial charge in [0.25, 0.3) is 0 Å². The van der Waals surface area contributed by atoms with E-state index in [1.807, 2.05) is 13.8 Å². The lowest BCUT2D eigenvalue weighted by Crippen LogP contribution is -2.25. The number of aliphatic hydroxyl groups is 1. The van der Waals surface area contributed by atoms with E-state index >= 15 is 0 Å². The first kappa shape index (κ1) is 11.3. The van der Waals surface area contributed by atoms with Crippen LogP contribution >= 0.6 is 0 Å². The fourth-order valence-corrected chi connectivity index (χ4v) is 1.46. The highest BCUT2D eigenvalue weighted by Crippen LogP contribution is 2.16. The van der Waals surface area contributed by atoms with Crippen LogP contribution < -0.4 is 0 Å². The van der Waals surface area contributed by atoms with Gasteiger partial charge in [0.1, 0.15) is 0 Å². The normalized spacial score (nSPS) is 15.1. The summed E-state index contributed by atoms with van der Waals surface area (Å²) in [6.45, 7) is 6.05. The second-order valence-electron chi connectivity index (χ2n) is 4.20. The van der Waals surface area contributed by atoms with E-state index in [0.29, 0.717) is 0 Å². The fraction of sp³-hybridized carbons (Fsp3) is 0.538. The standard InChI is InChI=1S/C13H20O/c1-4-11-6-8-12(9-7-11)10-13(3,14)5-2/h6-9,14H,4-5,10H2,1-3H3. The van der Waals surface area contributed by atoms with Gasteiger partial charge in [-0.05, 0) is 30.9 Å². The summed E-state index contributed by atoms with van der Waals surface area (Å²) in [5.74, 6) is 0. The predicted molar refractivity (Wildman–Crippen MR) is 60.4 cm³/mol. The molecule has 1 unspecified atom stereocenters. The van der Waals surface area contributed by atoms with Crippen molar-refractivity contribution >= 4 is 0 Å². The third-order valence-corrected chi connectivity index (χ3v) is 2.78. The Bertz CT molecular complexity index is 272. The van der Waals surface area contributed by atoms with Gasteiger partial charge in [-0.15, -0.1) is 0 Å². The number of benzene rings is 1. The highest BCUT2D eigenvalue weighted by Gasteiger charge is 2.17. The molecule has 0 spiro atoms. The molecular formula is C13H20O. The van der Waals surface area contributed by atoms with Crippen molar-refractivity contribution in [3.8, 4) is 0 Å². The van der Waals surface area contributed by atoms with Crippen molar-refractivity contribution in [1.82, 2.24) is 0 Å². The molecular weight excluding hydrogens is 172 g/mol. The van der Waals surface area contributed by atoms with Gasteiger partial charge < -0.3 is 5.11 Å². The first-order chi connectivity index (χ1) is 6.57. The Labute approximate surface area is 86.8 Å². The lowest BCUT2D eigenvalue weighted by molar-refractivity contribution is 0.0564. The summed E-state index contributed by atoms with van der Waals surface area (Å²) in [7, 11) is 0. The van der Waals surface area contributed by atoms with Crippen LogP contribution in [0.1, 0.15) is 38.3 Å². The molecule has 0 radical (unpaired) electrons. The highest BCUT2D eigenvalue weighted by molar-refractivity contribution is 5.23. The minimum absolute atomic E-state index is 0.562. The first-order valence-corrected chi connectivity index (χ1v) is 5.37. The zero-order valence-corrected chi connectivity index (χ0v) is 9.38. The third kappa shape index (κ3) is 3.15. The molecule has 0 fully saturated rings. The van der Waals surface area contributed by atoms with E-state index in [1.54, 1.807) is 0 Å². The largest absolute Gasteiger partial charge is 0.390 e. The summed E-state index contributed by atoms with van der Waals surface area (Å²) >= 11 is 0. The van der Waals surface area contributed by atoms with Gasteiger partial charge >= 0.3 is 0 Å². The molecule has 78 valence electrons. The van der Waals surface area contributed by atoms with Crippen LogP contribution in [0.3, 0.4) is 0 Å². The van der Waals surface area contributed by atoms with Crippen LogP contribution in [0.2, 0.25) is 0 Å². The van der Waals surface area contributed by atoms with E-state index in [4.69, 9.17) is 0 Å². The van der Waals surface area contributed by atoms with E-state index < -0.39 is 5.60 Å². The van der Waals surface area contributed by atoms with Gasteiger partial charge in [-0.1, -0.05) is 38.1 Å². The van der Waals surface area contributed by atoms with Crippen molar-refractivity contribution in [2.75, 3.05) is 0 Å². The van der Waals surface area contributed by atoms with Gasteiger partial charge in [0.15, 0.2) is 0 Å². The van der Waals surface area contributed by atoms with Gasteiger partial charge in [-0.3, -0.25) is 0 Å². The zero-order valence-electron chi connectivity index (χ0n) is 9.38. The van der Waals surface area contributed by atoms with Crippen molar-refractivity contribution in [3.63, 3.8) is 0 Å². The summed E-state index contributed by atoms with van der Waals surface area (Å²) in [6.07, 6.45) is 2.61. The van der Waals surface area contributed by atoms with E-state index in [0.717, 1.165) is 19.3 Å². The van der Waals surface area contributed by atoms with Crippen molar-refractivity contribution in [2.24, 2.45) is 0 Å². The molecule has 0 aliphatic rings. The lowest BCUT2D eigenvalue weighted by Gasteiger charge is -2.21. The molecule has 1 aromatic carbocycles. The maximum absolute atomic E-state index is 9.90. The molecule has 0 saturated heterocycles. The number of hydrogen-bond donors (Lipinski definition) is 1. The summed E-state index contributed by atoms with van der Waals surface area (Å²) in [5, 5.41) is 9.90. The molecule has 0 heterocycles. The Balaban J connectivity index is 2.69. The van der Waals surface area contributed by atoms with Crippen molar-refractivity contribution in [3.05, 3.63) is 35.4 Å². The van der Waals surface area contributed by atoms with E-state index in [9.17, 15) is 5.11 Å². The van der Waals surface area contributed by atoms with Crippen molar-refractivity contribution in [2.45, 2.75) is 45.6 Å². The molecule has 1 rings (SSSR count).